The van der Waals surface area contributed by atoms with Crippen LogP contribution in [0.5, 0.6) is 0 Å². The summed E-state index contributed by atoms with van der Waals surface area (Å²) in [6.07, 6.45) is 4.21. The largest absolute Gasteiger partial charge is 0.481 e. The highest BCUT2D eigenvalue weighted by Gasteiger charge is 2.41. The summed E-state index contributed by atoms with van der Waals surface area (Å²) in [4.78, 5) is 24.1. The Labute approximate surface area is 101 Å². The second-order valence-corrected chi connectivity index (χ2v) is 5.24. The number of primary amides is 1. The number of carboxylic acids is 1. The van der Waals surface area contributed by atoms with Crippen LogP contribution >= 0.6 is 0 Å². The van der Waals surface area contributed by atoms with E-state index in [1.807, 2.05) is 0 Å². The summed E-state index contributed by atoms with van der Waals surface area (Å²) in [5.74, 6) is -0.675. The van der Waals surface area contributed by atoms with Gasteiger partial charge in [0, 0.05) is 12.5 Å². The zero-order chi connectivity index (χ0) is 12.4. The van der Waals surface area contributed by atoms with Crippen molar-refractivity contribution in [2.24, 2.45) is 17.6 Å². The lowest BCUT2D eigenvalue weighted by atomic mass is 9.77. The van der Waals surface area contributed by atoms with E-state index in [0.717, 1.165) is 38.8 Å². The molecule has 0 aromatic heterocycles. The number of nitrogens with two attached hydrogens (primary N) is 1. The number of carboxylic acid groups (broad SMARTS) is 1. The average molecular weight is 240 g/mol. The van der Waals surface area contributed by atoms with E-state index in [1.165, 1.54) is 0 Å². The first-order valence-corrected chi connectivity index (χ1v) is 6.33. The zero-order valence-corrected chi connectivity index (χ0v) is 9.97. The monoisotopic (exact) mass is 240 g/mol. The minimum absolute atomic E-state index is 0.178. The van der Waals surface area contributed by atoms with Gasteiger partial charge in [-0.25, -0.2) is 0 Å². The van der Waals surface area contributed by atoms with Crippen LogP contribution in [0.2, 0.25) is 0 Å². The maximum Gasteiger partial charge on any atom is 0.308 e. The van der Waals surface area contributed by atoms with Crippen LogP contribution in [0.1, 0.15) is 32.1 Å². The van der Waals surface area contributed by atoms with Crippen molar-refractivity contribution in [2.45, 2.75) is 38.1 Å². The van der Waals surface area contributed by atoms with Gasteiger partial charge in [-0.15, -0.1) is 0 Å². The predicted molar refractivity (Wildman–Crippen MR) is 62.3 cm³/mol. The molecule has 0 spiro atoms. The third-order valence-electron chi connectivity index (χ3n) is 4.16. The van der Waals surface area contributed by atoms with E-state index in [1.54, 1.807) is 0 Å². The highest BCUT2D eigenvalue weighted by Crippen LogP contribution is 2.35. The smallest absolute Gasteiger partial charge is 0.308 e. The number of carbonyl (C=O) groups is 2. The van der Waals surface area contributed by atoms with E-state index >= 15 is 0 Å². The topological polar surface area (TPSA) is 83.6 Å². The standard InChI is InChI=1S/C12H20N2O3/c13-11(15)7-8-3-5-14(6-4-8)10-2-1-9(10)12(16)17/h8-10H,1-7H2,(H2,13,15)(H,16,17). The molecule has 1 amide bonds. The molecule has 0 aromatic carbocycles. The summed E-state index contributed by atoms with van der Waals surface area (Å²) in [6, 6.07) is 0.224. The number of likely N-dealkylation sites (tertiary alicyclic amines) is 1. The van der Waals surface area contributed by atoms with Crippen molar-refractivity contribution in [3.63, 3.8) is 0 Å². The minimum atomic E-state index is -0.666. The van der Waals surface area contributed by atoms with Crippen LogP contribution in [0.4, 0.5) is 0 Å². The SMILES string of the molecule is NC(=O)CC1CCN(C2CCC2C(=O)O)CC1. The molecule has 3 N–H and O–H groups in total. The summed E-state index contributed by atoms with van der Waals surface area (Å²) in [5.41, 5.74) is 5.19. The van der Waals surface area contributed by atoms with Crippen LogP contribution < -0.4 is 5.73 Å². The van der Waals surface area contributed by atoms with Crippen LogP contribution in [0.15, 0.2) is 0 Å². The van der Waals surface area contributed by atoms with Gasteiger partial charge in [-0.2, -0.15) is 0 Å². The normalized spacial score (nSPS) is 30.8. The van der Waals surface area contributed by atoms with Crippen molar-refractivity contribution in [1.29, 1.82) is 0 Å². The maximum atomic E-state index is 11.0. The highest BCUT2D eigenvalue weighted by molar-refractivity contribution is 5.74. The van der Waals surface area contributed by atoms with E-state index in [9.17, 15) is 9.59 Å². The van der Waals surface area contributed by atoms with E-state index in [-0.39, 0.29) is 17.9 Å². The van der Waals surface area contributed by atoms with Gasteiger partial charge in [0.05, 0.1) is 5.92 Å². The van der Waals surface area contributed by atoms with Gasteiger partial charge >= 0.3 is 5.97 Å². The molecule has 5 heteroatoms. The fourth-order valence-electron chi connectivity index (χ4n) is 2.98. The van der Waals surface area contributed by atoms with Gasteiger partial charge in [0.15, 0.2) is 0 Å². The number of hydrogen-bond donors (Lipinski definition) is 2. The molecule has 1 heterocycles. The van der Waals surface area contributed by atoms with E-state index in [2.05, 4.69) is 4.90 Å². The van der Waals surface area contributed by atoms with Gasteiger partial charge in [0.1, 0.15) is 0 Å². The molecule has 2 rings (SSSR count). The van der Waals surface area contributed by atoms with Crippen molar-refractivity contribution in [3.05, 3.63) is 0 Å². The Morgan fingerprint density at radius 2 is 1.82 bits per heavy atom. The summed E-state index contributed by atoms with van der Waals surface area (Å²) in [6.45, 7) is 1.82. The van der Waals surface area contributed by atoms with E-state index < -0.39 is 5.97 Å². The van der Waals surface area contributed by atoms with Gasteiger partial charge in [-0.1, -0.05) is 0 Å². The van der Waals surface area contributed by atoms with Crippen molar-refractivity contribution < 1.29 is 14.7 Å². The van der Waals surface area contributed by atoms with Gasteiger partial charge in [0.25, 0.3) is 0 Å². The molecule has 96 valence electrons. The third kappa shape index (κ3) is 2.77. The molecular weight excluding hydrogens is 220 g/mol. The summed E-state index contributed by atoms with van der Waals surface area (Å²) >= 11 is 0. The second kappa shape index (κ2) is 5.04. The molecule has 0 radical (unpaired) electrons. The Bertz CT molecular complexity index is 311. The maximum absolute atomic E-state index is 11.0. The Morgan fingerprint density at radius 3 is 2.24 bits per heavy atom. The molecule has 1 saturated carbocycles. The summed E-state index contributed by atoms with van der Waals surface area (Å²) in [5, 5.41) is 9.02. The van der Waals surface area contributed by atoms with Crippen LogP contribution in [0, 0.1) is 11.8 Å². The molecule has 1 saturated heterocycles. The Kier molecular flexibility index (Phi) is 3.66. The average Bonchev–Trinajstić information content (AvgIpc) is 2.17. The first-order chi connectivity index (χ1) is 8.08. The molecule has 0 aromatic rings. The van der Waals surface area contributed by atoms with Gasteiger partial charge < -0.3 is 10.8 Å². The van der Waals surface area contributed by atoms with Crippen LogP contribution in [0.25, 0.3) is 0 Å². The molecular formula is C12H20N2O3. The fraction of sp³-hybridized carbons (Fsp3) is 0.833. The predicted octanol–water partition coefficient (Wildman–Crippen LogP) is 0.437. The van der Waals surface area contributed by atoms with E-state index in [0.29, 0.717) is 12.3 Å². The Hall–Kier alpha value is -1.10. The molecule has 2 aliphatic rings. The Balaban J connectivity index is 1.79. The van der Waals surface area contributed by atoms with Crippen LogP contribution in [-0.2, 0) is 9.59 Å². The van der Waals surface area contributed by atoms with Gasteiger partial charge in [0.2, 0.25) is 5.91 Å². The number of nitrogens with zero attached hydrogens (tertiary/aromatic N) is 1. The van der Waals surface area contributed by atoms with Crippen molar-refractivity contribution in [2.75, 3.05) is 13.1 Å². The quantitative estimate of drug-likeness (QED) is 0.746. The first-order valence-electron chi connectivity index (χ1n) is 6.33. The number of piperidine rings is 1. The highest BCUT2D eigenvalue weighted by atomic mass is 16.4. The molecule has 2 unspecified atom stereocenters. The van der Waals surface area contributed by atoms with E-state index in [4.69, 9.17) is 10.8 Å². The fourth-order valence-corrected chi connectivity index (χ4v) is 2.98. The van der Waals surface area contributed by atoms with Crippen LogP contribution in [0.3, 0.4) is 0 Å². The number of rotatable bonds is 4. The van der Waals surface area contributed by atoms with Gasteiger partial charge in [-0.3, -0.25) is 14.5 Å². The molecule has 1 aliphatic carbocycles. The lowest BCUT2D eigenvalue weighted by Crippen LogP contribution is -2.52. The zero-order valence-electron chi connectivity index (χ0n) is 9.97. The number of aliphatic carboxylic acids is 1. The molecule has 17 heavy (non-hydrogen) atoms. The number of carbonyl (C=O) groups excluding carboxylic acids is 1. The van der Waals surface area contributed by atoms with Crippen molar-refractivity contribution in [3.8, 4) is 0 Å². The number of hydrogen-bond acceptors (Lipinski definition) is 3. The minimum Gasteiger partial charge on any atom is -0.481 e. The first kappa shape index (κ1) is 12.4. The Morgan fingerprint density at radius 1 is 1.18 bits per heavy atom. The van der Waals surface area contributed by atoms with Gasteiger partial charge in [-0.05, 0) is 44.7 Å². The second-order valence-electron chi connectivity index (χ2n) is 5.24. The van der Waals surface area contributed by atoms with Crippen LogP contribution in [-0.4, -0.2) is 41.0 Å². The summed E-state index contributed by atoms with van der Waals surface area (Å²) in [7, 11) is 0. The molecule has 5 nitrogen and oxygen atoms in total. The molecule has 2 fully saturated rings. The molecule has 0 bridgehead atoms. The molecule has 2 atom stereocenters. The lowest BCUT2D eigenvalue weighted by molar-refractivity contribution is -0.149. The summed E-state index contributed by atoms with van der Waals surface area (Å²) < 4.78 is 0. The third-order valence-corrected chi connectivity index (χ3v) is 4.16. The lowest BCUT2D eigenvalue weighted by Gasteiger charge is -2.45. The molecule has 1 aliphatic heterocycles. The van der Waals surface area contributed by atoms with Crippen molar-refractivity contribution in [1.82, 2.24) is 4.90 Å². The van der Waals surface area contributed by atoms with Crippen molar-refractivity contribution >= 4 is 11.9 Å². The number of amides is 1.